The Morgan fingerprint density at radius 2 is 2.00 bits per heavy atom. The fourth-order valence-electron chi connectivity index (χ4n) is 2.23. The topological polar surface area (TPSA) is 34.4 Å². The Labute approximate surface area is 135 Å². The zero-order valence-electron chi connectivity index (χ0n) is 12.4. The van der Waals surface area contributed by atoms with Gasteiger partial charge in [-0.2, -0.15) is 0 Å². The Bertz CT molecular complexity index is 610. The van der Waals surface area contributed by atoms with Gasteiger partial charge >= 0.3 is 0 Å². The molecule has 0 saturated heterocycles. The van der Waals surface area contributed by atoms with Crippen LogP contribution in [0.15, 0.2) is 28.9 Å². The van der Waals surface area contributed by atoms with E-state index in [-0.39, 0.29) is 6.04 Å². The molecule has 0 radical (unpaired) electrons. The molecule has 1 aromatic heterocycles. The van der Waals surface area contributed by atoms with Crippen molar-refractivity contribution in [2.24, 2.45) is 0 Å². The second-order valence-corrected chi connectivity index (χ2v) is 5.70. The summed E-state index contributed by atoms with van der Waals surface area (Å²) in [5.74, 6) is 1.44. The van der Waals surface area contributed by atoms with Gasteiger partial charge in [-0.05, 0) is 37.6 Å². The lowest BCUT2D eigenvalue weighted by Crippen LogP contribution is -2.23. The van der Waals surface area contributed by atoms with Gasteiger partial charge in [0, 0.05) is 16.7 Å². The molecule has 3 nitrogen and oxygen atoms in total. The van der Waals surface area contributed by atoms with Crippen LogP contribution < -0.4 is 10.1 Å². The van der Waals surface area contributed by atoms with Gasteiger partial charge in [-0.15, -0.1) is 0 Å². The molecule has 0 bridgehead atoms. The molecule has 2 rings (SSSR count). The third-order valence-electron chi connectivity index (χ3n) is 3.26. The van der Waals surface area contributed by atoms with Gasteiger partial charge in [0.2, 0.25) is 0 Å². The number of nitrogens with one attached hydrogen (secondary N) is 1. The van der Waals surface area contributed by atoms with E-state index in [1.165, 1.54) is 0 Å². The third-order valence-corrected chi connectivity index (χ3v) is 3.89. The molecule has 0 aliphatic rings. The van der Waals surface area contributed by atoms with E-state index in [4.69, 9.17) is 32.4 Å². The first-order valence-electron chi connectivity index (χ1n) is 6.88. The zero-order valence-corrected chi connectivity index (χ0v) is 13.9. The Morgan fingerprint density at radius 3 is 2.57 bits per heavy atom. The van der Waals surface area contributed by atoms with E-state index in [0.717, 1.165) is 29.9 Å². The SMILES string of the molecule is CCCNC(c1coc(C)c1)c1cc(Cl)c(OC)cc1Cl. The number of rotatable bonds is 6. The van der Waals surface area contributed by atoms with Crippen LogP contribution in [0.2, 0.25) is 10.0 Å². The van der Waals surface area contributed by atoms with Crippen LogP contribution in [0.5, 0.6) is 5.75 Å². The van der Waals surface area contributed by atoms with E-state index in [1.54, 1.807) is 19.4 Å². The Kier molecular flexibility index (Phi) is 5.57. The highest BCUT2D eigenvalue weighted by atomic mass is 35.5. The summed E-state index contributed by atoms with van der Waals surface area (Å²) < 4.78 is 10.6. The first-order chi connectivity index (χ1) is 10.1. The number of benzene rings is 1. The molecule has 21 heavy (non-hydrogen) atoms. The normalized spacial score (nSPS) is 12.4. The van der Waals surface area contributed by atoms with Crippen molar-refractivity contribution in [3.8, 4) is 5.75 Å². The van der Waals surface area contributed by atoms with Crippen LogP contribution in [0.3, 0.4) is 0 Å². The fourth-order valence-corrected chi connectivity index (χ4v) is 2.74. The molecule has 1 N–H and O–H groups in total. The summed E-state index contributed by atoms with van der Waals surface area (Å²) in [6, 6.07) is 5.53. The highest BCUT2D eigenvalue weighted by molar-refractivity contribution is 6.34. The second-order valence-electron chi connectivity index (χ2n) is 4.89. The van der Waals surface area contributed by atoms with E-state index >= 15 is 0 Å². The number of halogens is 2. The quantitative estimate of drug-likeness (QED) is 0.811. The van der Waals surface area contributed by atoms with Crippen molar-refractivity contribution in [2.45, 2.75) is 26.3 Å². The van der Waals surface area contributed by atoms with Gasteiger partial charge in [0.25, 0.3) is 0 Å². The third kappa shape index (κ3) is 3.73. The molecule has 0 amide bonds. The molecule has 5 heteroatoms. The van der Waals surface area contributed by atoms with Crippen LogP contribution in [-0.2, 0) is 0 Å². The van der Waals surface area contributed by atoms with Crippen LogP contribution in [0.25, 0.3) is 0 Å². The van der Waals surface area contributed by atoms with Crippen LogP contribution in [0, 0.1) is 6.92 Å². The predicted molar refractivity (Wildman–Crippen MR) is 86.6 cm³/mol. The summed E-state index contributed by atoms with van der Waals surface area (Å²) in [5.41, 5.74) is 1.95. The smallest absolute Gasteiger partial charge is 0.138 e. The van der Waals surface area contributed by atoms with Crippen LogP contribution in [0.4, 0.5) is 0 Å². The Balaban J connectivity index is 2.43. The summed E-state index contributed by atoms with van der Waals surface area (Å²) in [7, 11) is 1.57. The highest BCUT2D eigenvalue weighted by Crippen LogP contribution is 2.36. The van der Waals surface area contributed by atoms with Gasteiger partial charge in [0.1, 0.15) is 11.5 Å². The first kappa shape index (κ1) is 16.2. The van der Waals surface area contributed by atoms with Crippen LogP contribution >= 0.6 is 23.2 Å². The van der Waals surface area contributed by atoms with E-state index < -0.39 is 0 Å². The predicted octanol–water partition coefficient (Wildman–Crippen LogP) is 4.99. The van der Waals surface area contributed by atoms with E-state index in [0.29, 0.717) is 15.8 Å². The maximum Gasteiger partial charge on any atom is 0.138 e. The van der Waals surface area contributed by atoms with E-state index in [2.05, 4.69) is 12.2 Å². The highest BCUT2D eigenvalue weighted by Gasteiger charge is 2.20. The maximum atomic E-state index is 6.40. The molecule has 1 atom stereocenters. The van der Waals surface area contributed by atoms with Gasteiger partial charge in [-0.3, -0.25) is 0 Å². The minimum absolute atomic E-state index is 0.0571. The van der Waals surface area contributed by atoms with Crippen molar-refractivity contribution in [2.75, 3.05) is 13.7 Å². The summed E-state index contributed by atoms with van der Waals surface area (Å²) in [6.45, 7) is 4.91. The molecule has 0 aliphatic carbocycles. The van der Waals surface area contributed by atoms with Crippen molar-refractivity contribution in [3.63, 3.8) is 0 Å². The van der Waals surface area contributed by atoms with Crippen molar-refractivity contribution in [1.82, 2.24) is 5.32 Å². The zero-order chi connectivity index (χ0) is 15.4. The maximum absolute atomic E-state index is 6.40. The largest absolute Gasteiger partial charge is 0.495 e. The molecule has 1 heterocycles. The molecule has 1 aromatic carbocycles. The van der Waals surface area contributed by atoms with Crippen molar-refractivity contribution < 1.29 is 9.15 Å². The molecular formula is C16H19Cl2NO2. The molecule has 2 aromatic rings. The summed E-state index contributed by atoms with van der Waals surface area (Å²) in [5, 5.41) is 4.63. The molecule has 0 saturated carbocycles. The Hall–Kier alpha value is -1.16. The number of methoxy groups -OCH3 is 1. The van der Waals surface area contributed by atoms with Gasteiger partial charge in [0.15, 0.2) is 0 Å². The average molecular weight is 328 g/mol. The minimum atomic E-state index is -0.0571. The molecular weight excluding hydrogens is 309 g/mol. The number of furan rings is 1. The fraction of sp³-hybridized carbons (Fsp3) is 0.375. The second kappa shape index (κ2) is 7.21. The van der Waals surface area contributed by atoms with Gasteiger partial charge < -0.3 is 14.5 Å². The molecule has 1 unspecified atom stereocenters. The molecule has 114 valence electrons. The Morgan fingerprint density at radius 1 is 1.24 bits per heavy atom. The number of hydrogen-bond donors (Lipinski definition) is 1. The lowest BCUT2D eigenvalue weighted by molar-refractivity contribution is 0.414. The first-order valence-corrected chi connectivity index (χ1v) is 7.63. The lowest BCUT2D eigenvalue weighted by Gasteiger charge is -2.20. The van der Waals surface area contributed by atoms with Gasteiger partial charge in [0.05, 0.1) is 24.4 Å². The average Bonchev–Trinajstić information content (AvgIpc) is 2.89. The summed E-state index contributed by atoms with van der Waals surface area (Å²) >= 11 is 12.6. The molecule has 0 spiro atoms. The minimum Gasteiger partial charge on any atom is -0.495 e. The molecule has 0 fully saturated rings. The van der Waals surface area contributed by atoms with Gasteiger partial charge in [-0.1, -0.05) is 30.1 Å². The number of ether oxygens (including phenoxy) is 1. The molecule has 0 aliphatic heterocycles. The number of hydrogen-bond acceptors (Lipinski definition) is 3. The van der Waals surface area contributed by atoms with Crippen molar-refractivity contribution in [3.05, 3.63) is 51.4 Å². The monoisotopic (exact) mass is 327 g/mol. The van der Waals surface area contributed by atoms with Crippen LogP contribution in [0.1, 0.15) is 36.3 Å². The van der Waals surface area contributed by atoms with Crippen molar-refractivity contribution in [1.29, 1.82) is 0 Å². The standard InChI is InChI=1S/C16H19Cl2NO2/c1-4-5-19-16(11-6-10(2)21-9-11)12-7-14(18)15(20-3)8-13(12)17/h6-9,16,19H,4-5H2,1-3H3. The summed E-state index contributed by atoms with van der Waals surface area (Å²) in [6.07, 6.45) is 2.77. The van der Waals surface area contributed by atoms with E-state index in [1.807, 2.05) is 19.1 Å². The van der Waals surface area contributed by atoms with Crippen molar-refractivity contribution >= 4 is 23.2 Å². The lowest BCUT2D eigenvalue weighted by atomic mass is 10.0. The number of aryl methyl sites for hydroxylation is 1. The van der Waals surface area contributed by atoms with Gasteiger partial charge in [-0.25, -0.2) is 0 Å². The summed E-state index contributed by atoms with van der Waals surface area (Å²) in [4.78, 5) is 0. The van der Waals surface area contributed by atoms with Crippen LogP contribution in [-0.4, -0.2) is 13.7 Å². The van der Waals surface area contributed by atoms with E-state index in [9.17, 15) is 0 Å².